The minimum atomic E-state index is -1.57. The van der Waals surface area contributed by atoms with Crippen molar-refractivity contribution in [2.75, 3.05) is 13.2 Å². The van der Waals surface area contributed by atoms with Crippen molar-refractivity contribution in [1.82, 2.24) is 5.32 Å². The molecule has 9 nitrogen and oxygen atoms in total. The lowest BCUT2D eigenvalue weighted by molar-refractivity contribution is -0.302. The molecule has 1 amide bonds. The Labute approximate surface area is 412 Å². The van der Waals surface area contributed by atoms with Gasteiger partial charge in [-0.2, -0.15) is 0 Å². The summed E-state index contributed by atoms with van der Waals surface area (Å²) in [4.78, 5) is 13.0. The molecule has 0 saturated carbocycles. The molecule has 9 heteroatoms. The first kappa shape index (κ1) is 63.4. The third-order valence-corrected chi connectivity index (χ3v) is 13.7. The summed E-state index contributed by atoms with van der Waals surface area (Å²) in [6.07, 6.45) is 55.0. The molecule has 0 bridgehead atoms. The third kappa shape index (κ3) is 37.9. The molecule has 1 aliphatic rings. The van der Waals surface area contributed by atoms with Gasteiger partial charge in [0.2, 0.25) is 5.91 Å². The molecule has 0 aromatic heterocycles. The van der Waals surface area contributed by atoms with Crippen molar-refractivity contribution in [2.45, 2.75) is 314 Å². The van der Waals surface area contributed by atoms with Crippen LogP contribution in [0.4, 0.5) is 0 Å². The predicted octanol–water partition coefficient (Wildman–Crippen LogP) is 14.0. The summed E-state index contributed by atoms with van der Waals surface area (Å²) in [7, 11) is 0. The van der Waals surface area contributed by atoms with Crippen LogP contribution in [0.5, 0.6) is 0 Å². The number of carbonyl (C=O) groups is 1. The van der Waals surface area contributed by atoms with Gasteiger partial charge in [0.05, 0.1) is 25.4 Å². The molecule has 7 atom stereocenters. The standard InChI is InChI=1S/C58H109NO8/c1-3-5-7-9-11-13-15-17-19-21-22-23-24-25-26-27-28-29-30-32-33-35-37-39-41-43-45-47-52(61)51(50-66-58-57(65)56(64)55(63)53(49-60)67-58)59-54(62)48-46-44-42-40-38-36-34-31-20-18-16-14-12-10-8-6-4-2/h18,20,37,39,45,47,51-53,55-58,60-61,63-65H,3-17,19,21-36,38,40-44,46,48-50H2,1-2H3,(H,59,62)/b20-18-,39-37+,47-45+. The van der Waals surface area contributed by atoms with Crippen molar-refractivity contribution in [1.29, 1.82) is 0 Å². The minimum absolute atomic E-state index is 0.189. The van der Waals surface area contributed by atoms with E-state index in [9.17, 15) is 30.3 Å². The lowest BCUT2D eigenvalue weighted by atomic mass is 9.99. The zero-order chi connectivity index (χ0) is 48.7. The second-order valence-electron chi connectivity index (χ2n) is 20.1. The van der Waals surface area contributed by atoms with E-state index in [0.717, 1.165) is 51.4 Å². The van der Waals surface area contributed by atoms with Gasteiger partial charge in [0, 0.05) is 6.42 Å². The van der Waals surface area contributed by atoms with Gasteiger partial charge in [0.15, 0.2) is 6.29 Å². The highest BCUT2D eigenvalue weighted by Gasteiger charge is 2.44. The summed E-state index contributed by atoms with van der Waals surface area (Å²) >= 11 is 0. The molecule has 1 fully saturated rings. The highest BCUT2D eigenvalue weighted by Crippen LogP contribution is 2.23. The zero-order valence-electron chi connectivity index (χ0n) is 43.7. The fraction of sp³-hybridized carbons (Fsp3) is 0.879. The van der Waals surface area contributed by atoms with Crippen molar-refractivity contribution >= 4 is 5.91 Å². The predicted molar refractivity (Wildman–Crippen MR) is 281 cm³/mol. The molecule has 0 spiro atoms. The molecular formula is C58H109NO8. The molecular weight excluding hydrogens is 839 g/mol. The number of carbonyl (C=O) groups excluding carboxylic acids is 1. The Bertz CT molecular complexity index is 1150. The van der Waals surface area contributed by atoms with Crippen LogP contribution in [0.1, 0.15) is 271 Å². The second kappa shape index (κ2) is 48.1. The van der Waals surface area contributed by atoms with Crippen molar-refractivity contribution in [3.05, 3.63) is 36.5 Å². The summed E-state index contributed by atoms with van der Waals surface area (Å²) in [5, 5.41) is 54.4. The highest BCUT2D eigenvalue weighted by molar-refractivity contribution is 5.76. The van der Waals surface area contributed by atoms with Crippen molar-refractivity contribution in [3.63, 3.8) is 0 Å². The summed E-state index contributed by atoms with van der Waals surface area (Å²) < 4.78 is 11.2. The number of allylic oxidation sites excluding steroid dienone is 5. The fourth-order valence-corrected chi connectivity index (χ4v) is 9.11. The lowest BCUT2D eigenvalue weighted by Crippen LogP contribution is -2.60. The minimum Gasteiger partial charge on any atom is -0.394 e. The Balaban J connectivity index is 2.24. The Morgan fingerprint density at radius 2 is 0.851 bits per heavy atom. The molecule has 0 aromatic carbocycles. The van der Waals surface area contributed by atoms with E-state index in [1.54, 1.807) is 6.08 Å². The van der Waals surface area contributed by atoms with Crippen LogP contribution in [0.25, 0.3) is 0 Å². The Hall–Kier alpha value is -1.59. The average molecular weight is 949 g/mol. The van der Waals surface area contributed by atoms with Gasteiger partial charge in [0.1, 0.15) is 24.4 Å². The SMILES string of the molecule is CCCCCCCC/C=C\CCCCCCCCCC(=O)NC(COC1OC(CO)C(O)C(O)C1O)C(O)/C=C/CC/C=C/CCCCCCCCCCCCCCCCCCCCCCC. The maximum atomic E-state index is 13.0. The monoisotopic (exact) mass is 948 g/mol. The highest BCUT2D eigenvalue weighted by atomic mass is 16.7. The maximum Gasteiger partial charge on any atom is 0.220 e. The lowest BCUT2D eigenvalue weighted by Gasteiger charge is -2.40. The van der Waals surface area contributed by atoms with E-state index in [0.29, 0.717) is 6.42 Å². The van der Waals surface area contributed by atoms with E-state index >= 15 is 0 Å². The Morgan fingerprint density at radius 1 is 0.493 bits per heavy atom. The molecule has 0 aliphatic carbocycles. The number of unbranched alkanes of at least 4 members (excludes halogenated alkanes) is 35. The first-order chi connectivity index (χ1) is 32.8. The van der Waals surface area contributed by atoms with Crippen LogP contribution in [0.3, 0.4) is 0 Å². The quantitative estimate of drug-likeness (QED) is 0.0261. The molecule has 67 heavy (non-hydrogen) atoms. The third-order valence-electron chi connectivity index (χ3n) is 13.7. The number of hydrogen-bond donors (Lipinski definition) is 6. The van der Waals surface area contributed by atoms with Crippen LogP contribution < -0.4 is 5.32 Å². The molecule has 0 aromatic rings. The van der Waals surface area contributed by atoms with Crippen LogP contribution in [0.15, 0.2) is 36.5 Å². The van der Waals surface area contributed by atoms with Crippen molar-refractivity contribution < 1.29 is 39.8 Å². The van der Waals surface area contributed by atoms with Crippen molar-refractivity contribution in [3.8, 4) is 0 Å². The molecule has 1 heterocycles. The Morgan fingerprint density at radius 3 is 1.25 bits per heavy atom. The summed E-state index contributed by atoms with van der Waals surface area (Å²) in [6.45, 7) is 3.78. The topological polar surface area (TPSA) is 149 Å². The zero-order valence-corrected chi connectivity index (χ0v) is 43.7. The molecule has 1 aliphatic heterocycles. The van der Waals surface area contributed by atoms with Gasteiger partial charge in [-0.15, -0.1) is 0 Å². The molecule has 6 N–H and O–H groups in total. The van der Waals surface area contributed by atoms with E-state index in [1.165, 1.54) is 199 Å². The van der Waals surface area contributed by atoms with Gasteiger partial charge in [-0.1, -0.05) is 243 Å². The number of ether oxygens (including phenoxy) is 2. The molecule has 1 rings (SSSR count). The number of nitrogens with one attached hydrogen (secondary N) is 1. The number of rotatable bonds is 49. The van der Waals surface area contributed by atoms with Crippen LogP contribution in [0, 0.1) is 0 Å². The summed E-state index contributed by atoms with van der Waals surface area (Å²) in [5.74, 6) is -0.189. The molecule has 1 saturated heterocycles. The second-order valence-corrected chi connectivity index (χ2v) is 20.1. The largest absolute Gasteiger partial charge is 0.394 e. The van der Waals surface area contributed by atoms with Gasteiger partial charge in [-0.3, -0.25) is 4.79 Å². The van der Waals surface area contributed by atoms with E-state index in [2.05, 4.69) is 43.5 Å². The molecule has 394 valence electrons. The van der Waals surface area contributed by atoms with Crippen LogP contribution in [0.2, 0.25) is 0 Å². The van der Waals surface area contributed by atoms with E-state index in [-0.39, 0.29) is 12.5 Å². The summed E-state index contributed by atoms with van der Waals surface area (Å²) in [6, 6.07) is -0.824. The first-order valence-electron chi connectivity index (χ1n) is 28.7. The first-order valence-corrected chi connectivity index (χ1v) is 28.7. The van der Waals surface area contributed by atoms with E-state index in [4.69, 9.17) is 9.47 Å². The van der Waals surface area contributed by atoms with E-state index in [1.807, 2.05) is 6.08 Å². The van der Waals surface area contributed by atoms with Gasteiger partial charge in [0.25, 0.3) is 0 Å². The average Bonchev–Trinajstić information content (AvgIpc) is 3.33. The summed E-state index contributed by atoms with van der Waals surface area (Å²) in [5.41, 5.74) is 0. The van der Waals surface area contributed by atoms with Gasteiger partial charge in [-0.05, 0) is 57.8 Å². The van der Waals surface area contributed by atoms with Crippen LogP contribution in [-0.4, -0.2) is 87.5 Å². The Kier molecular flexibility index (Phi) is 45.5. The number of aliphatic hydroxyl groups is 5. The normalized spacial score (nSPS) is 19.9. The smallest absolute Gasteiger partial charge is 0.220 e. The van der Waals surface area contributed by atoms with Crippen LogP contribution >= 0.6 is 0 Å². The van der Waals surface area contributed by atoms with Crippen molar-refractivity contribution in [2.24, 2.45) is 0 Å². The molecule has 7 unspecified atom stereocenters. The molecule has 0 radical (unpaired) electrons. The fourth-order valence-electron chi connectivity index (χ4n) is 9.11. The van der Waals surface area contributed by atoms with Crippen LogP contribution in [-0.2, 0) is 14.3 Å². The van der Waals surface area contributed by atoms with E-state index < -0.39 is 49.5 Å². The van der Waals surface area contributed by atoms with Gasteiger partial charge in [-0.25, -0.2) is 0 Å². The number of aliphatic hydroxyl groups excluding tert-OH is 5. The van der Waals surface area contributed by atoms with Gasteiger partial charge >= 0.3 is 0 Å². The van der Waals surface area contributed by atoms with Gasteiger partial charge < -0.3 is 40.3 Å². The number of amides is 1. The number of hydrogen-bond acceptors (Lipinski definition) is 8. The maximum absolute atomic E-state index is 13.0.